The molecular formula is C15H21N3O. The molecule has 0 radical (unpaired) electrons. The van der Waals surface area contributed by atoms with Crippen LogP contribution in [0.25, 0.3) is 0 Å². The topological polar surface area (TPSA) is 47.3 Å². The van der Waals surface area contributed by atoms with Gasteiger partial charge in [-0.3, -0.25) is 9.69 Å². The summed E-state index contributed by atoms with van der Waals surface area (Å²) in [5.41, 5.74) is 0.819. The number of nitriles is 1. The first kappa shape index (κ1) is 13.8. The van der Waals surface area contributed by atoms with Crippen LogP contribution < -0.4 is 0 Å². The molecule has 1 saturated heterocycles. The van der Waals surface area contributed by atoms with E-state index >= 15 is 0 Å². The summed E-state index contributed by atoms with van der Waals surface area (Å²) in [6, 6.07) is 2.43. The molecule has 0 spiro atoms. The van der Waals surface area contributed by atoms with Crippen molar-refractivity contribution in [1.29, 1.82) is 5.26 Å². The van der Waals surface area contributed by atoms with Crippen molar-refractivity contribution in [2.45, 2.75) is 26.3 Å². The molecule has 1 unspecified atom stereocenters. The SMILES string of the molecule is CC1C=CC(C(=O)N2CCN(CC#N)[C@H](C)C2)=CC1. The monoisotopic (exact) mass is 259 g/mol. The third-order valence-corrected chi connectivity index (χ3v) is 3.89. The van der Waals surface area contributed by atoms with Crippen molar-refractivity contribution in [2.24, 2.45) is 5.92 Å². The zero-order chi connectivity index (χ0) is 13.8. The predicted molar refractivity (Wildman–Crippen MR) is 74.2 cm³/mol. The van der Waals surface area contributed by atoms with Gasteiger partial charge in [0.15, 0.2) is 0 Å². The van der Waals surface area contributed by atoms with Gasteiger partial charge in [-0.15, -0.1) is 0 Å². The van der Waals surface area contributed by atoms with Gasteiger partial charge in [0.1, 0.15) is 0 Å². The van der Waals surface area contributed by atoms with Crippen LogP contribution in [0.1, 0.15) is 20.3 Å². The first-order valence-electron chi connectivity index (χ1n) is 6.90. The van der Waals surface area contributed by atoms with Crippen LogP contribution in [0.15, 0.2) is 23.8 Å². The summed E-state index contributed by atoms with van der Waals surface area (Å²) in [7, 11) is 0. The number of hydrogen-bond donors (Lipinski definition) is 0. The highest BCUT2D eigenvalue weighted by molar-refractivity contribution is 5.96. The largest absolute Gasteiger partial charge is 0.336 e. The molecule has 1 amide bonds. The summed E-state index contributed by atoms with van der Waals surface area (Å²) in [4.78, 5) is 16.4. The smallest absolute Gasteiger partial charge is 0.253 e. The number of amides is 1. The number of carbonyl (C=O) groups is 1. The molecule has 4 heteroatoms. The normalized spacial score (nSPS) is 27.8. The molecule has 1 fully saturated rings. The molecule has 1 aliphatic heterocycles. The van der Waals surface area contributed by atoms with E-state index < -0.39 is 0 Å². The Morgan fingerprint density at radius 2 is 2.26 bits per heavy atom. The van der Waals surface area contributed by atoms with Crippen molar-refractivity contribution >= 4 is 5.91 Å². The molecule has 2 atom stereocenters. The Labute approximate surface area is 115 Å². The molecular weight excluding hydrogens is 238 g/mol. The van der Waals surface area contributed by atoms with Crippen molar-refractivity contribution in [3.8, 4) is 6.07 Å². The second-order valence-electron chi connectivity index (χ2n) is 5.46. The van der Waals surface area contributed by atoms with Crippen LogP contribution >= 0.6 is 0 Å². The molecule has 2 rings (SSSR count). The van der Waals surface area contributed by atoms with E-state index in [1.165, 1.54) is 0 Å². The number of carbonyl (C=O) groups excluding carboxylic acids is 1. The fraction of sp³-hybridized carbons (Fsp3) is 0.600. The van der Waals surface area contributed by atoms with E-state index in [0.717, 1.165) is 18.5 Å². The van der Waals surface area contributed by atoms with E-state index in [1.54, 1.807) is 0 Å². The van der Waals surface area contributed by atoms with Gasteiger partial charge in [-0.1, -0.05) is 25.2 Å². The highest BCUT2D eigenvalue weighted by atomic mass is 16.2. The number of piperazine rings is 1. The van der Waals surface area contributed by atoms with Gasteiger partial charge in [0, 0.05) is 31.2 Å². The molecule has 19 heavy (non-hydrogen) atoms. The lowest BCUT2D eigenvalue weighted by Gasteiger charge is -2.39. The van der Waals surface area contributed by atoms with Gasteiger partial charge in [0.05, 0.1) is 12.6 Å². The van der Waals surface area contributed by atoms with E-state index in [-0.39, 0.29) is 11.9 Å². The van der Waals surface area contributed by atoms with Gasteiger partial charge in [-0.25, -0.2) is 0 Å². The highest BCUT2D eigenvalue weighted by Gasteiger charge is 2.27. The Bertz CT molecular complexity index is 447. The molecule has 0 aromatic rings. The first-order valence-corrected chi connectivity index (χ1v) is 6.90. The van der Waals surface area contributed by atoms with Crippen LogP contribution in [0, 0.1) is 17.2 Å². The lowest BCUT2D eigenvalue weighted by molar-refractivity contribution is -0.129. The van der Waals surface area contributed by atoms with E-state index in [9.17, 15) is 4.79 Å². The first-order chi connectivity index (χ1) is 9.11. The summed E-state index contributed by atoms with van der Waals surface area (Å²) in [6.07, 6.45) is 7.03. The summed E-state index contributed by atoms with van der Waals surface area (Å²) in [5.74, 6) is 0.662. The van der Waals surface area contributed by atoms with E-state index in [1.807, 2.05) is 17.1 Å². The average Bonchev–Trinajstić information content (AvgIpc) is 2.41. The van der Waals surface area contributed by atoms with Crippen molar-refractivity contribution in [3.63, 3.8) is 0 Å². The molecule has 1 heterocycles. The third kappa shape index (κ3) is 3.24. The molecule has 1 aliphatic carbocycles. The summed E-state index contributed by atoms with van der Waals surface area (Å²) in [5, 5.41) is 8.75. The summed E-state index contributed by atoms with van der Waals surface area (Å²) in [6.45, 7) is 6.88. The van der Waals surface area contributed by atoms with E-state index in [4.69, 9.17) is 5.26 Å². The number of rotatable bonds is 2. The second kappa shape index (κ2) is 6.03. The Hall–Kier alpha value is -1.60. The van der Waals surface area contributed by atoms with Gasteiger partial charge >= 0.3 is 0 Å². The fourth-order valence-corrected chi connectivity index (χ4v) is 2.57. The van der Waals surface area contributed by atoms with Crippen LogP contribution in [-0.4, -0.2) is 47.9 Å². The van der Waals surface area contributed by atoms with Crippen molar-refractivity contribution in [3.05, 3.63) is 23.8 Å². The standard InChI is InChI=1S/C15H21N3O/c1-12-3-5-14(6-4-12)15(19)18-10-9-17(8-7-16)13(2)11-18/h3,5-6,12-13H,4,8-11H2,1-2H3/t12?,13-/m1/s1. The van der Waals surface area contributed by atoms with Crippen molar-refractivity contribution in [1.82, 2.24) is 9.80 Å². The van der Waals surface area contributed by atoms with Crippen LogP contribution in [0.2, 0.25) is 0 Å². The molecule has 2 aliphatic rings. The van der Waals surface area contributed by atoms with Crippen molar-refractivity contribution < 1.29 is 4.79 Å². The van der Waals surface area contributed by atoms with Crippen LogP contribution in [-0.2, 0) is 4.79 Å². The fourth-order valence-electron chi connectivity index (χ4n) is 2.57. The lowest BCUT2D eigenvalue weighted by Crippen LogP contribution is -2.53. The molecule has 102 valence electrons. The van der Waals surface area contributed by atoms with Gasteiger partial charge in [0.25, 0.3) is 5.91 Å². The Kier molecular flexibility index (Phi) is 4.39. The Balaban J connectivity index is 1.96. The van der Waals surface area contributed by atoms with Gasteiger partial charge < -0.3 is 4.90 Å². The molecule has 0 aromatic heterocycles. The molecule has 0 saturated carbocycles. The maximum atomic E-state index is 12.4. The third-order valence-electron chi connectivity index (χ3n) is 3.89. The minimum absolute atomic E-state index is 0.131. The molecule has 0 bridgehead atoms. The molecule has 0 N–H and O–H groups in total. The predicted octanol–water partition coefficient (Wildman–Crippen LogP) is 1.57. The summed E-state index contributed by atoms with van der Waals surface area (Å²) < 4.78 is 0. The zero-order valence-corrected chi connectivity index (χ0v) is 11.7. The number of hydrogen-bond acceptors (Lipinski definition) is 3. The molecule has 0 aromatic carbocycles. The maximum absolute atomic E-state index is 12.4. The Morgan fingerprint density at radius 1 is 1.47 bits per heavy atom. The summed E-state index contributed by atoms with van der Waals surface area (Å²) >= 11 is 0. The van der Waals surface area contributed by atoms with Gasteiger partial charge in [-0.2, -0.15) is 5.26 Å². The molecule has 4 nitrogen and oxygen atoms in total. The van der Waals surface area contributed by atoms with Crippen LogP contribution in [0.5, 0.6) is 0 Å². The van der Waals surface area contributed by atoms with Crippen molar-refractivity contribution in [2.75, 3.05) is 26.2 Å². The van der Waals surface area contributed by atoms with E-state index in [2.05, 4.69) is 30.9 Å². The number of allylic oxidation sites excluding steroid dienone is 2. The van der Waals surface area contributed by atoms with E-state index in [0.29, 0.717) is 25.6 Å². The zero-order valence-electron chi connectivity index (χ0n) is 11.7. The average molecular weight is 259 g/mol. The second-order valence-corrected chi connectivity index (χ2v) is 5.46. The number of nitrogens with zero attached hydrogens (tertiary/aromatic N) is 3. The van der Waals surface area contributed by atoms with Gasteiger partial charge in [-0.05, 0) is 19.3 Å². The maximum Gasteiger partial charge on any atom is 0.253 e. The van der Waals surface area contributed by atoms with Gasteiger partial charge in [0.2, 0.25) is 0 Å². The van der Waals surface area contributed by atoms with Crippen LogP contribution in [0.3, 0.4) is 0 Å². The Morgan fingerprint density at radius 3 is 2.84 bits per heavy atom. The quantitative estimate of drug-likeness (QED) is 0.707. The highest BCUT2D eigenvalue weighted by Crippen LogP contribution is 2.19. The minimum atomic E-state index is 0.131. The minimum Gasteiger partial charge on any atom is -0.336 e. The lowest BCUT2D eigenvalue weighted by atomic mass is 9.97. The van der Waals surface area contributed by atoms with Crippen LogP contribution in [0.4, 0.5) is 0 Å².